The quantitative estimate of drug-likeness (QED) is 0.178. The molecule has 0 amide bonds. The second-order valence-electron chi connectivity index (χ2n) is 8.05. The van der Waals surface area contributed by atoms with E-state index in [4.69, 9.17) is 20.8 Å². The fourth-order valence-electron chi connectivity index (χ4n) is 3.84. The highest BCUT2D eigenvalue weighted by molar-refractivity contribution is 6.29. The number of hydrogen-bond donors (Lipinski definition) is 1. The minimum Gasteiger partial charge on any atom is -0.483 e. The number of amidine groups is 1. The number of fused-ring (bicyclic) bond motifs is 1. The number of hydroxylamine groups is 1. The summed E-state index contributed by atoms with van der Waals surface area (Å²) < 4.78 is 12.6. The summed E-state index contributed by atoms with van der Waals surface area (Å²) in [5.41, 5.74) is 5.54. The number of aryl methyl sites for hydroxylation is 1. The third-order valence-electron chi connectivity index (χ3n) is 5.59. The molecule has 1 aliphatic carbocycles. The SMILES string of the molecule is CN=C(NOC=O)c1nc(Cl)ccc1OC(C)c1cc(C)cc2c(=O)c(C)c(C3CC3)oc12. The predicted molar refractivity (Wildman–Crippen MR) is 125 cm³/mol. The van der Waals surface area contributed by atoms with Crippen LogP contribution in [0, 0.1) is 13.8 Å². The molecule has 1 aromatic carbocycles. The van der Waals surface area contributed by atoms with Crippen LogP contribution in [-0.2, 0) is 9.63 Å². The number of nitrogens with zero attached hydrogens (tertiary/aromatic N) is 2. The molecule has 8 nitrogen and oxygen atoms in total. The largest absolute Gasteiger partial charge is 0.483 e. The van der Waals surface area contributed by atoms with Gasteiger partial charge >= 0.3 is 6.47 Å². The van der Waals surface area contributed by atoms with Crippen molar-refractivity contribution in [3.05, 3.63) is 67.8 Å². The number of hydrogen-bond acceptors (Lipinski definition) is 7. The van der Waals surface area contributed by atoms with Gasteiger partial charge in [-0.2, -0.15) is 5.48 Å². The molecule has 0 radical (unpaired) electrons. The van der Waals surface area contributed by atoms with Crippen molar-refractivity contribution in [3.8, 4) is 5.75 Å². The van der Waals surface area contributed by atoms with Gasteiger partial charge in [-0.3, -0.25) is 14.6 Å². The zero-order chi connectivity index (χ0) is 23.7. The number of carbonyl (C=O) groups excluding carboxylic acids is 1. The smallest absolute Gasteiger partial charge is 0.320 e. The molecule has 0 bridgehead atoms. The number of aromatic nitrogens is 1. The Morgan fingerprint density at radius 2 is 2.09 bits per heavy atom. The van der Waals surface area contributed by atoms with Gasteiger partial charge in [-0.1, -0.05) is 11.6 Å². The molecular weight excluding hydrogens is 446 g/mol. The molecular formula is C24H24ClN3O5. The summed E-state index contributed by atoms with van der Waals surface area (Å²) in [6.45, 7) is 5.85. The van der Waals surface area contributed by atoms with Crippen LogP contribution in [0.5, 0.6) is 5.75 Å². The molecule has 172 valence electrons. The Balaban J connectivity index is 1.78. The van der Waals surface area contributed by atoms with Crippen molar-refractivity contribution in [3.63, 3.8) is 0 Å². The molecule has 1 saturated carbocycles. The van der Waals surface area contributed by atoms with Crippen molar-refractivity contribution in [1.29, 1.82) is 0 Å². The van der Waals surface area contributed by atoms with E-state index in [1.165, 1.54) is 7.05 Å². The summed E-state index contributed by atoms with van der Waals surface area (Å²) in [5.74, 6) is 1.58. The second-order valence-corrected chi connectivity index (χ2v) is 8.44. The van der Waals surface area contributed by atoms with E-state index >= 15 is 0 Å². The summed E-state index contributed by atoms with van der Waals surface area (Å²) in [6.07, 6.45) is 1.55. The molecule has 1 N–H and O–H groups in total. The molecule has 4 rings (SSSR count). The van der Waals surface area contributed by atoms with Gasteiger partial charge in [-0.05, 0) is 63.4 Å². The van der Waals surface area contributed by atoms with Gasteiger partial charge in [0.2, 0.25) is 0 Å². The fourth-order valence-corrected chi connectivity index (χ4v) is 3.99. The lowest BCUT2D eigenvalue weighted by atomic mass is 10.0. The molecule has 3 aromatic rings. The van der Waals surface area contributed by atoms with Crippen LogP contribution in [0.25, 0.3) is 11.0 Å². The lowest BCUT2D eigenvalue weighted by molar-refractivity contribution is -0.132. The summed E-state index contributed by atoms with van der Waals surface area (Å²) >= 11 is 6.08. The normalized spacial score (nSPS) is 14.8. The van der Waals surface area contributed by atoms with Gasteiger partial charge in [0, 0.05) is 24.1 Å². The van der Waals surface area contributed by atoms with E-state index < -0.39 is 6.10 Å². The zero-order valence-corrected chi connectivity index (χ0v) is 19.5. The standard InChI is InChI=1S/C24H24ClN3O5/c1-12-9-16(23-17(10-12)21(30)13(2)22(33-23)15-5-6-15)14(3)32-18-7-8-19(25)27-20(18)24(26-4)28-31-11-29/h7-11,14-15H,5-6H2,1-4H3,(H,26,28). The monoisotopic (exact) mass is 469 g/mol. The summed E-state index contributed by atoms with van der Waals surface area (Å²) in [4.78, 5) is 36.6. The van der Waals surface area contributed by atoms with Crippen molar-refractivity contribution >= 4 is 34.9 Å². The van der Waals surface area contributed by atoms with Crippen molar-refractivity contribution in [2.75, 3.05) is 7.05 Å². The Kier molecular flexibility index (Phi) is 6.37. The first-order valence-corrected chi connectivity index (χ1v) is 10.9. The van der Waals surface area contributed by atoms with E-state index in [1.54, 1.807) is 12.1 Å². The fraction of sp³-hybridized carbons (Fsp3) is 0.333. The lowest BCUT2D eigenvalue weighted by Crippen LogP contribution is -2.26. The van der Waals surface area contributed by atoms with Crippen LogP contribution in [0.1, 0.15) is 59.9 Å². The first kappa shape index (κ1) is 22.8. The van der Waals surface area contributed by atoms with Gasteiger partial charge in [0.15, 0.2) is 17.0 Å². The number of nitrogens with one attached hydrogen (secondary N) is 1. The predicted octanol–water partition coefficient (Wildman–Crippen LogP) is 4.53. The summed E-state index contributed by atoms with van der Waals surface area (Å²) in [6, 6.07) is 7.04. The first-order chi connectivity index (χ1) is 15.8. The maximum absolute atomic E-state index is 13.1. The molecule has 33 heavy (non-hydrogen) atoms. The van der Waals surface area contributed by atoms with Gasteiger partial charge in [0.1, 0.15) is 28.3 Å². The lowest BCUT2D eigenvalue weighted by Gasteiger charge is -2.20. The minimum atomic E-state index is -0.503. The second kappa shape index (κ2) is 9.23. The highest BCUT2D eigenvalue weighted by atomic mass is 35.5. The first-order valence-electron chi connectivity index (χ1n) is 10.6. The Hall–Kier alpha value is -3.39. The van der Waals surface area contributed by atoms with Crippen LogP contribution in [0.15, 0.2) is 38.5 Å². The van der Waals surface area contributed by atoms with Crippen molar-refractivity contribution in [2.45, 2.75) is 45.6 Å². The maximum atomic E-state index is 13.1. The molecule has 1 atom stereocenters. The van der Waals surface area contributed by atoms with Gasteiger partial charge in [-0.25, -0.2) is 4.98 Å². The molecule has 1 fully saturated rings. The van der Waals surface area contributed by atoms with E-state index in [1.807, 2.05) is 32.9 Å². The van der Waals surface area contributed by atoms with Crippen LogP contribution < -0.4 is 15.6 Å². The van der Waals surface area contributed by atoms with Gasteiger partial charge in [0.05, 0.1) is 5.39 Å². The highest BCUT2D eigenvalue weighted by Gasteiger charge is 2.30. The molecule has 2 aromatic heterocycles. The number of pyridine rings is 1. The van der Waals surface area contributed by atoms with E-state index in [0.29, 0.717) is 28.2 Å². The average Bonchev–Trinajstić information content (AvgIpc) is 3.63. The third kappa shape index (κ3) is 4.57. The Labute approximate surface area is 195 Å². The summed E-state index contributed by atoms with van der Waals surface area (Å²) in [5, 5.41) is 0.754. The number of benzene rings is 1. The van der Waals surface area contributed by atoms with Crippen LogP contribution in [0.2, 0.25) is 5.15 Å². The zero-order valence-electron chi connectivity index (χ0n) is 18.8. The number of halogens is 1. The van der Waals surface area contributed by atoms with E-state index in [2.05, 4.69) is 20.3 Å². The van der Waals surface area contributed by atoms with E-state index in [9.17, 15) is 9.59 Å². The average molecular weight is 470 g/mol. The molecule has 0 spiro atoms. The van der Waals surface area contributed by atoms with Gasteiger partial charge in [-0.15, -0.1) is 0 Å². The Morgan fingerprint density at radius 1 is 1.33 bits per heavy atom. The van der Waals surface area contributed by atoms with Gasteiger partial charge < -0.3 is 14.0 Å². The van der Waals surface area contributed by atoms with Crippen LogP contribution >= 0.6 is 11.6 Å². The van der Waals surface area contributed by atoms with Crippen LogP contribution in [0.3, 0.4) is 0 Å². The minimum absolute atomic E-state index is 0.0141. The molecule has 1 unspecified atom stereocenters. The van der Waals surface area contributed by atoms with Crippen molar-refractivity contribution < 1.29 is 18.8 Å². The van der Waals surface area contributed by atoms with Gasteiger partial charge in [0.25, 0.3) is 0 Å². The molecule has 0 aliphatic heterocycles. The number of ether oxygens (including phenoxy) is 1. The molecule has 2 heterocycles. The number of aliphatic imine (C=N–C) groups is 1. The summed E-state index contributed by atoms with van der Waals surface area (Å²) in [7, 11) is 1.51. The highest BCUT2D eigenvalue weighted by Crippen LogP contribution is 2.42. The third-order valence-corrected chi connectivity index (χ3v) is 5.81. The Morgan fingerprint density at radius 3 is 2.76 bits per heavy atom. The molecule has 0 saturated heterocycles. The maximum Gasteiger partial charge on any atom is 0.320 e. The van der Waals surface area contributed by atoms with Crippen LogP contribution in [0.4, 0.5) is 0 Å². The van der Waals surface area contributed by atoms with E-state index in [0.717, 1.165) is 29.7 Å². The molecule has 9 heteroatoms. The van der Waals surface area contributed by atoms with Crippen molar-refractivity contribution in [1.82, 2.24) is 10.5 Å². The number of carbonyl (C=O) groups is 1. The number of rotatable bonds is 7. The van der Waals surface area contributed by atoms with E-state index in [-0.39, 0.29) is 28.6 Å². The van der Waals surface area contributed by atoms with Crippen molar-refractivity contribution in [2.24, 2.45) is 4.99 Å². The van der Waals surface area contributed by atoms with Crippen LogP contribution in [-0.4, -0.2) is 24.3 Å². The Bertz CT molecular complexity index is 1310. The topological polar surface area (TPSA) is 103 Å². The molecule has 1 aliphatic rings.